The first-order chi connectivity index (χ1) is 13.3. The van der Waals surface area contributed by atoms with Crippen LogP contribution in [0.1, 0.15) is 34.9 Å². The van der Waals surface area contributed by atoms with Crippen molar-refractivity contribution in [2.24, 2.45) is 0 Å². The molecular formula is C24H21NO2. The summed E-state index contributed by atoms with van der Waals surface area (Å²) in [5.74, 6) is 1.87. The van der Waals surface area contributed by atoms with Gasteiger partial charge in [-0.25, -0.2) is 0 Å². The predicted octanol–water partition coefficient (Wildman–Crippen LogP) is 4.94. The molecule has 3 nitrogen and oxygen atoms in total. The number of carbonyl (C=O) groups is 1. The van der Waals surface area contributed by atoms with E-state index in [4.69, 9.17) is 4.74 Å². The Bertz CT molecular complexity index is 937. The molecule has 0 saturated carbocycles. The van der Waals surface area contributed by atoms with Gasteiger partial charge in [0.05, 0.1) is 5.92 Å². The number of benzene rings is 3. The van der Waals surface area contributed by atoms with Crippen molar-refractivity contribution >= 4 is 5.91 Å². The van der Waals surface area contributed by atoms with E-state index in [1.54, 1.807) is 0 Å². The van der Waals surface area contributed by atoms with Crippen LogP contribution in [-0.4, -0.2) is 23.9 Å². The summed E-state index contributed by atoms with van der Waals surface area (Å²) in [5, 5.41) is 0. The topological polar surface area (TPSA) is 29.5 Å². The summed E-state index contributed by atoms with van der Waals surface area (Å²) >= 11 is 0. The number of amides is 1. The SMILES string of the molecule is O=C(C1c2ccccc2Oc2ccccc21)N1CC[C@H](c2ccccc2)C1. The van der Waals surface area contributed by atoms with Crippen LogP contribution in [0.4, 0.5) is 0 Å². The minimum absolute atomic E-state index is 0.177. The van der Waals surface area contributed by atoms with E-state index in [9.17, 15) is 4.79 Å². The van der Waals surface area contributed by atoms with Gasteiger partial charge in [-0.3, -0.25) is 4.79 Å². The third-order valence-corrected chi connectivity index (χ3v) is 5.70. The van der Waals surface area contributed by atoms with Crippen LogP contribution in [-0.2, 0) is 4.79 Å². The lowest BCUT2D eigenvalue weighted by atomic mass is 9.87. The molecular weight excluding hydrogens is 334 g/mol. The van der Waals surface area contributed by atoms with Gasteiger partial charge >= 0.3 is 0 Å². The van der Waals surface area contributed by atoms with Crippen molar-refractivity contribution < 1.29 is 9.53 Å². The number of hydrogen-bond acceptors (Lipinski definition) is 2. The average Bonchev–Trinajstić information content (AvgIpc) is 3.22. The number of hydrogen-bond donors (Lipinski definition) is 0. The molecule has 5 rings (SSSR count). The summed E-state index contributed by atoms with van der Waals surface area (Å²) in [4.78, 5) is 15.6. The van der Waals surface area contributed by atoms with Gasteiger partial charge in [-0.05, 0) is 24.1 Å². The van der Waals surface area contributed by atoms with E-state index in [2.05, 4.69) is 24.3 Å². The number of para-hydroxylation sites is 2. The summed E-state index contributed by atoms with van der Waals surface area (Å²) in [6, 6.07) is 26.3. The number of rotatable bonds is 2. The van der Waals surface area contributed by atoms with Crippen LogP contribution < -0.4 is 4.74 Å². The summed E-state index contributed by atoms with van der Waals surface area (Å²) in [5.41, 5.74) is 3.24. The van der Waals surface area contributed by atoms with Crippen molar-refractivity contribution in [2.75, 3.05) is 13.1 Å². The number of fused-ring (bicyclic) bond motifs is 2. The fourth-order valence-corrected chi connectivity index (χ4v) is 4.32. The maximum absolute atomic E-state index is 13.6. The number of carbonyl (C=O) groups excluding carboxylic acids is 1. The third-order valence-electron chi connectivity index (χ3n) is 5.70. The Morgan fingerprint density at radius 3 is 2.07 bits per heavy atom. The molecule has 27 heavy (non-hydrogen) atoms. The molecule has 0 aliphatic carbocycles. The summed E-state index contributed by atoms with van der Waals surface area (Å²) in [7, 11) is 0. The van der Waals surface area contributed by atoms with Crippen LogP contribution in [0.5, 0.6) is 11.5 Å². The van der Waals surface area contributed by atoms with Crippen LogP contribution >= 0.6 is 0 Å². The molecule has 0 spiro atoms. The molecule has 134 valence electrons. The van der Waals surface area contributed by atoms with Crippen LogP contribution in [0.2, 0.25) is 0 Å². The minimum atomic E-state index is -0.291. The number of likely N-dealkylation sites (tertiary alicyclic amines) is 1. The van der Waals surface area contributed by atoms with Gasteiger partial charge < -0.3 is 9.64 Å². The molecule has 3 aromatic rings. The Morgan fingerprint density at radius 1 is 0.815 bits per heavy atom. The van der Waals surface area contributed by atoms with Crippen molar-refractivity contribution in [2.45, 2.75) is 18.3 Å². The average molecular weight is 355 g/mol. The van der Waals surface area contributed by atoms with Gasteiger partial charge in [0, 0.05) is 30.1 Å². The zero-order valence-electron chi connectivity index (χ0n) is 15.0. The van der Waals surface area contributed by atoms with Crippen molar-refractivity contribution in [3.05, 3.63) is 95.6 Å². The Labute approximate surface area is 159 Å². The molecule has 0 N–H and O–H groups in total. The summed E-state index contributed by atoms with van der Waals surface area (Å²) in [6.45, 7) is 1.59. The van der Waals surface area contributed by atoms with E-state index >= 15 is 0 Å². The quantitative estimate of drug-likeness (QED) is 0.652. The molecule has 0 radical (unpaired) electrons. The second kappa shape index (κ2) is 6.58. The first-order valence-electron chi connectivity index (χ1n) is 9.51. The monoisotopic (exact) mass is 355 g/mol. The minimum Gasteiger partial charge on any atom is -0.457 e. The molecule has 2 aliphatic rings. The van der Waals surface area contributed by atoms with Gasteiger partial charge in [0.25, 0.3) is 0 Å². The van der Waals surface area contributed by atoms with Crippen LogP contribution in [0, 0.1) is 0 Å². The molecule has 0 unspecified atom stereocenters. The second-order valence-electron chi connectivity index (χ2n) is 7.29. The van der Waals surface area contributed by atoms with Crippen molar-refractivity contribution in [1.82, 2.24) is 4.90 Å². The van der Waals surface area contributed by atoms with E-state index in [-0.39, 0.29) is 11.8 Å². The highest BCUT2D eigenvalue weighted by Crippen LogP contribution is 2.45. The van der Waals surface area contributed by atoms with E-state index in [1.165, 1.54) is 5.56 Å². The fourth-order valence-electron chi connectivity index (χ4n) is 4.32. The van der Waals surface area contributed by atoms with Gasteiger partial charge in [0.15, 0.2) is 0 Å². The standard InChI is InChI=1S/C24H21NO2/c26-24(25-15-14-18(16-25)17-8-2-1-3-9-17)23-19-10-4-6-12-21(19)27-22-13-7-5-11-20(22)23/h1-13,18,23H,14-16H2/t18-/m0/s1. The normalized spacial score (nSPS) is 18.5. The Kier molecular flexibility index (Phi) is 3.93. The van der Waals surface area contributed by atoms with Gasteiger partial charge in [-0.15, -0.1) is 0 Å². The molecule has 1 amide bonds. The zero-order chi connectivity index (χ0) is 18.2. The summed E-state index contributed by atoms with van der Waals surface area (Å²) < 4.78 is 6.04. The Balaban J connectivity index is 1.47. The van der Waals surface area contributed by atoms with Gasteiger partial charge in [-0.1, -0.05) is 66.7 Å². The van der Waals surface area contributed by atoms with Gasteiger partial charge in [-0.2, -0.15) is 0 Å². The van der Waals surface area contributed by atoms with Crippen molar-refractivity contribution in [3.8, 4) is 11.5 Å². The Morgan fingerprint density at radius 2 is 1.41 bits per heavy atom. The first-order valence-corrected chi connectivity index (χ1v) is 9.51. The molecule has 1 fully saturated rings. The largest absolute Gasteiger partial charge is 0.457 e. The lowest BCUT2D eigenvalue weighted by molar-refractivity contribution is -0.131. The predicted molar refractivity (Wildman–Crippen MR) is 105 cm³/mol. The molecule has 2 heterocycles. The third kappa shape index (κ3) is 2.80. The van der Waals surface area contributed by atoms with Crippen LogP contribution in [0.3, 0.4) is 0 Å². The highest BCUT2D eigenvalue weighted by atomic mass is 16.5. The molecule has 0 bridgehead atoms. The summed E-state index contributed by atoms with van der Waals surface area (Å²) in [6.07, 6.45) is 1.02. The van der Waals surface area contributed by atoms with E-state index in [1.807, 2.05) is 59.5 Å². The van der Waals surface area contributed by atoms with Crippen molar-refractivity contribution in [1.29, 1.82) is 0 Å². The smallest absolute Gasteiger partial charge is 0.234 e. The highest BCUT2D eigenvalue weighted by molar-refractivity contribution is 5.90. The van der Waals surface area contributed by atoms with E-state index in [0.717, 1.165) is 42.1 Å². The Hall–Kier alpha value is -3.07. The van der Waals surface area contributed by atoms with Gasteiger partial charge in [0.1, 0.15) is 11.5 Å². The van der Waals surface area contributed by atoms with Crippen LogP contribution in [0.15, 0.2) is 78.9 Å². The molecule has 3 aromatic carbocycles. The molecule has 1 atom stereocenters. The maximum Gasteiger partial charge on any atom is 0.234 e. The zero-order valence-corrected chi connectivity index (χ0v) is 15.0. The second-order valence-corrected chi connectivity index (χ2v) is 7.29. The number of nitrogens with zero attached hydrogens (tertiary/aromatic N) is 1. The highest BCUT2D eigenvalue weighted by Gasteiger charge is 2.37. The lowest BCUT2D eigenvalue weighted by Gasteiger charge is -2.30. The molecule has 1 saturated heterocycles. The van der Waals surface area contributed by atoms with E-state index < -0.39 is 0 Å². The molecule has 2 aliphatic heterocycles. The van der Waals surface area contributed by atoms with Crippen LogP contribution in [0.25, 0.3) is 0 Å². The fraction of sp³-hybridized carbons (Fsp3) is 0.208. The van der Waals surface area contributed by atoms with E-state index in [0.29, 0.717) is 5.92 Å². The maximum atomic E-state index is 13.6. The van der Waals surface area contributed by atoms with Crippen molar-refractivity contribution in [3.63, 3.8) is 0 Å². The first kappa shape index (κ1) is 16.1. The lowest BCUT2D eigenvalue weighted by Crippen LogP contribution is -2.34. The molecule has 3 heteroatoms. The number of ether oxygens (including phenoxy) is 1. The van der Waals surface area contributed by atoms with Gasteiger partial charge in [0.2, 0.25) is 5.91 Å². The molecule has 0 aromatic heterocycles.